The fraction of sp³-hybridized carbons (Fsp3) is 0.500. The van der Waals surface area contributed by atoms with Crippen molar-refractivity contribution in [1.29, 1.82) is 0 Å². The van der Waals surface area contributed by atoms with Gasteiger partial charge < -0.3 is 14.7 Å². The zero-order valence-corrected chi connectivity index (χ0v) is 15.7. The molecule has 152 valence electrons. The molecule has 7 nitrogen and oxygen atoms in total. The number of alkyl halides is 3. The Bertz CT molecular complexity index is 824. The van der Waals surface area contributed by atoms with Crippen molar-refractivity contribution < 1.29 is 22.5 Å². The van der Waals surface area contributed by atoms with E-state index in [2.05, 4.69) is 31.8 Å². The van der Waals surface area contributed by atoms with Gasteiger partial charge in [-0.3, -0.25) is 4.90 Å². The highest BCUT2D eigenvalue weighted by Gasteiger charge is 2.38. The number of hydrogen-bond donors (Lipinski definition) is 1. The number of rotatable bonds is 4. The van der Waals surface area contributed by atoms with Crippen LogP contribution in [0.25, 0.3) is 11.4 Å². The fourth-order valence-corrected chi connectivity index (χ4v) is 3.21. The lowest BCUT2D eigenvalue weighted by atomic mass is 10.1. The van der Waals surface area contributed by atoms with Crippen LogP contribution in [0.4, 0.5) is 23.7 Å². The Kier molecular flexibility index (Phi) is 5.87. The highest BCUT2D eigenvalue weighted by atomic mass is 19.4. The number of hydrogen-bond acceptors (Lipinski definition) is 5. The van der Waals surface area contributed by atoms with Crippen molar-refractivity contribution in [3.05, 3.63) is 30.2 Å². The molecule has 1 aliphatic heterocycles. The number of urea groups is 1. The molecule has 10 heteroatoms. The van der Waals surface area contributed by atoms with E-state index in [1.54, 1.807) is 23.1 Å². The monoisotopic (exact) mass is 397 g/mol. The summed E-state index contributed by atoms with van der Waals surface area (Å²) in [6.07, 6.45) is -3.86. The SMILES string of the molecule is CC[C@H]1CN(CC)CCN1C(=O)Nc1cccc(-c2noc(C(F)(F)F)n2)c1. The molecule has 1 atom stereocenters. The summed E-state index contributed by atoms with van der Waals surface area (Å²) in [4.78, 5) is 20.2. The lowest BCUT2D eigenvalue weighted by molar-refractivity contribution is -0.159. The molecule has 1 aromatic heterocycles. The van der Waals surface area contributed by atoms with Crippen LogP contribution in [0.15, 0.2) is 28.8 Å². The van der Waals surface area contributed by atoms with Gasteiger partial charge in [-0.15, -0.1) is 0 Å². The van der Waals surface area contributed by atoms with Gasteiger partial charge in [-0.2, -0.15) is 18.2 Å². The topological polar surface area (TPSA) is 74.5 Å². The number of nitrogens with zero attached hydrogens (tertiary/aromatic N) is 4. The van der Waals surface area contributed by atoms with E-state index in [0.717, 1.165) is 26.1 Å². The predicted molar refractivity (Wildman–Crippen MR) is 96.7 cm³/mol. The number of aromatic nitrogens is 2. The van der Waals surface area contributed by atoms with Crippen molar-refractivity contribution in [2.24, 2.45) is 0 Å². The lowest BCUT2D eigenvalue weighted by Gasteiger charge is -2.40. The minimum Gasteiger partial charge on any atom is -0.329 e. The Morgan fingerprint density at radius 1 is 1.32 bits per heavy atom. The molecule has 1 N–H and O–H groups in total. The van der Waals surface area contributed by atoms with Gasteiger partial charge in [-0.1, -0.05) is 31.1 Å². The first kappa shape index (κ1) is 20.1. The highest BCUT2D eigenvalue weighted by Crippen LogP contribution is 2.30. The first-order chi connectivity index (χ1) is 13.3. The average molecular weight is 397 g/mol. The Hall–Kier alpha value is -2.62. The predicted octanol–water partition coefficient (Wildman–Crippen LogP) is 3.70. The molecule has 0 aliphatic carbocycles. The number of carbonyl (C=O) groups is 1. The van der Waals surface area contributed by atoms with Gasteiger partial charge in [0.15, 0.2) is 0 Å². The Balaban J connectivity index is 1.72. The van der Waals surface area contributed by atoms with Crippen LogP contribution in [0.3, 0.4) is 0 Å². The average Bonchev–Trinajstić information content (AvgIpc) is 3.18. The number of likely N-dealkylation sites (N-methyl/N-ethyl adjacent to an activating group) is 1. The van der Waals surface area contributed by atoms with Crippen LogP contribution < -0.4 is 5.32 Å². The third-order valence-electron chi connectivity index (χ3n) is 4.79. The summed E-state index contributed by atoms with van der Waals surface area (Å²) in [5, 5.41) is 6.19. The normalized spacial score (nSPS) is 18.3. The summed E-state index contributed by atoms with van der Waals surface area (Å²) in [6, 6.07) is 6.23. The zero-order chi connectivity index (χ0) is 20.3. The van der Waals surface area contributed by atoms with Crippen LogP contribution >= 0.6 is 0 Å². The summed E-state index contributed by atoms with van der Waals surface area (Å²) in [5.74, 6) is -1.59. The second kappa shape index (κ2) is 8.17. The van der Waals surface area contributed by atoms with Gasteiger partial charge in [0, 0.05) is 36.9 Å². The molecule has 1 fully saturated rings. The van der Waals surface area contributed by atoms with Crippen LogP contribution in [0, 0.1) is 0 Å². The van der Waals surface area contributed by atoms with E-state index in [4.69, 9.17) is 0 Å². The second-order valence-electron chi connectivity index (χ2n) is 6.58. The number of nitrogens with one attached hydrogen (secondary N) is 1. The smallest absolute Gasteiger partial charge is 0.329 e. The summed E-state index contributed by atoms with van der Waals surface area (Å²) < 4.78 is 42.2. The van der Waals surface area contributed by atoms with Crippen LogP contribution in [-0.4, -0.2) is 58.2 Å². The van der Waals surface area contributed by atoms with Gasteiger partial charge in [-0.05, 0) is 25.1 Å². The van der Waals surface area contributed by atoms with Crippen molar-refractivity contribution >= 4 is 11.7 Å². The van der Waals surface area contributed by atoms with Gasteiger partial charge in [0.25, 0.3) is 0 Å². The minimum atomic E-state index is -4.70. The summed E-state index contributed by atoms with van der Waals surface area (Å²) in [6.45, 7) is 7.33. The standard InChI is InChI=1S/C18H22F3N5O2/c1-3-14-11-25(4-2)8-9-26(14)17(27)22-13-7-5-6-12(10-13)15-23-16(28-24-15)18(19,20)21/h5-7,10,14H,3-4,8-9,11H2,1-2H3,(H,22,27)/t14-/m0/s1. The molecule has 0 bridgehead atoms. The molecule has 0 radical (unpaired) electrons. The summed E-state index contributed by atoms with van der Waals surface area (Å²) >= 11 is 0. The quantitative estimate of drug-likeness (QED) is 0.852. The molecule has 28 heavy (non-hydrogen) atoms. The van der Waals surface area contributed by atoms with E-state index in [1.165, 1.54) is 6.07 Å². The molecule has 1 aromatic carbocycles. The van der Waals surface area contributed by atoms with E-state index >= 15 is 0 Å². The Morgan fingerprint density at radius 3 is 2.75 bits per heavy atom. The first-order valence-corrected chi connectivity index (χ1v) is 9.13. The van der Waals surface area contributed by atoms with Crippen LogP contribution in [0.1, 0.15) is 26.2 Å². The molecule has 0 spiro atoms. The highest BCUT2D eigenvalue weighted by molar-refractivity contribution is 5.90. The molecule has 2 amide bonds. The molecule has 2 heterocycles. The van der Waals surface area contributed by atoms with Crippen molar-refractivity contribution in [2.45, 2.75) is 32.5 Å². The van der Waals surface area contributed by atoms with E-state index in [1.807, 2.05) is 6.92 Å². The zero-order valence-electron chi connectivity index (χ0n) is 15.7. The largest absolute Gasteiger partial charge is 0.471 e. The number of anilines is 1. The maximum Gasteiger partial charge on any atom is 0.471 e. The number of amides is 2. The third kappa shape index (κ3) is 4.44. The molecular formula is C18H22F3N5O2. The first-order valence-electron chi connectivity index (χ1n) is 9.13. The maximum atomic E-state index is 12.7. The number of benzene rings is 1. The Morgan fingerprint density at radius 2 is 2.11 bits per heavy atom. The molecule has 0 saturated carbocycles. The van der Waals surface area contributed by atoms with Gasteiger partial charge in [0.05, 0.1) is 0 Å². The molecule has 1 saturated heterocycles. The van der Waals surface area contributed by atoms with Crippen molar-refractivity contribution in [2.75, 3.05) is 31.5 Å². The van der Waals surface area contributed by atoms with Gasteiger partial charge in [0.1, 0.15) is 0 Å². The van der Waals surface area contributed by atoms with Gasteiger partial charge >= 0.3 is 18.1 Å². The lowest BCUT2D eigenvalue weighted by Crippen LogP contribution is -2.55. The molecule has 2 aromatic rings. The Labute approximate surface area is 160 Å². The van der Waals surface area contributed by atoms with Gasteiger partial charge in [-0.25, -0.2) is 4.79 Å². The number of carbonyl (C=O) groups excluding carboxylic acids is 1. The molecule has 1 aliphatic rings. The van der Waals surface area contributed by atoms with Crippen molar-refractivity contribution in [1.82, 2.24) is 19.9 Å². The van der Waals surface area contributed by atoms with Crippen molar-refractivity contribution in [3.63, 3.8) is 0 Å². The molecular weight excluding hydrogens is 375 g/mol. The molecule has 3 rings (SSSR count). The van der Waals surface area contributed by atoms with Crippen LogP contribution in [0.5, 0.6) is 0 Å². The third-order valence-corrected chi connectivity index (χ3v) is 4.79. The van der Waals surface area contributed by atoms with E-state index in [-0.39, 0.29) is 17.9 Å². The van der Waals surface area contributed by atoms with Crippen LogP contribution in [-0.2, 0) is 6.18 Å². The number of piperazine rings is 1. The van der Waals surface area contributed by atoms with E-state index in [9.17, 15) is 18.0 Å². The molecule has 0 unspecified atom stereocenters. The number of halogens is 3. The maximum absolute atomic E-state index is 12.7. The summed E-state index contributed by atoms with van der Waals surface area (Å²) in [7, 11) is 0. The fourth-order valence-electron chi connectivity index (χ4n) is 3.21. The minimum absolute atomic E-state index is 0.114. The van der Waals surface area contributed by atoms with Crippen molar-refractivity contribution in [3.8, 4) is 11.4 Å². The van der Waals surface area contributed by atoms with E-state index < -0.39 is 12.1 Å². The second-order valence-corrected chi connectivity index (χ2v) is 6.58. The van der Waals surface area contributed by atoms with Gasteiger partial charge in [0.2, 0.25) is 5.82 Å². The van der Waals surface area contributed by atoms with Crippen LogP contribution in [0.2, 0.25) is 0 Å². The van der Waals surface area contributed by atoms with E-state index in [0.29, 0.717) is 17.8 Å². The summed E-state index contributed by atoms with van der Waals surface area (Å²) in [5.41, 5.74) is 0.772.